The molecule has 0 unspecified atom stereocenters. The van der Waals surface area contributed by atoms with Gasteiger partial charge in [-0.3, -0.25) is 19.6 Å². The summed E-state index contributed by atoms with van der Waals surface area (Å²) in [5, 5.41) is 16.8. The zero-order valence-corrected chi connectivity index (χ0v) is 15.0. The lowest BCUT2D eigenvalue weighted by atomic mass is 10.2. The molecule has 26 heavy (non-hydrogen) atoms. The van der Waals surface area contributed by atoms with Gasteiger partial charge in [0.05, 0.1) is 28.3 Å². The number of carbonyl (C=O) groups is 1. The lowest BCUT2D eigenvalue weighted by Gasteiger charge is -2.08. The van der Waals surface area contributed by atoms with Gasteiger partial charge in [-0.05, 0) is 35.0 Å². The Balaban J connectivity index is 2.24. The number of nitrogens with one attached hydrogen (secondary N) is 1. The summed E-state index contributed by atoms with van der Waals surface area (Å²) < 4.78 is 44.0. The van der Waals surface area contributed by atoms with Crippen molar-refractivity contribution in [2.45, 2.75) is 19.6 Å². The van der Waals surface area contributed by atoms with Gasteiger partial charge in [0.2, 0.25) is 5.91 Å². The van der Waals surface area contributed by atoms with Crippen LogP contribution in [0.2, 0.25) is 0 Å². The molecule has 0 aliphatic rings. The molecular weight excluding hydrogens is 425 g/mol. The number of hydrogen-bond donors (Lipinski definition) is 1. The smallest absolute Gasteiger partial charge is 0.436 e. The van der Waals surface area contributed by atoms with E-state index in [0.717, 1.165) is 10.7 Å². The molecule has 0 spiro atoms. The Morgan fingerprint density at radius 2 is 2.12 bits per heavy atom. The fourth-order valence-electron chi connectivity index (χ4n) is 2.08. The Labute approximate surface area is 153 Å². The van der Waals surface area contributed by atoms with Crippen LogP contribution >= 0.6 is 15.9 Å². The molecule has 0 saturated heterocycles. The number of nitro groups is 1. The number of anilines is 1. The Morgan fingerprint density at radius 3 is 2.62 bits per heavy atom. The first-order valence-electron chi connectivity index (χ1n) is 6.97. The summed E-state index contributed by atoms with van der Waals surface area (Å²) >= 11 is 2.80. The van der Waals surface area contributed by atoms with Crippen LogP contribution in [0.3, 0.4) is 0 Å². The van der Waals surface area contributed by atoms with Crippen molar-refractivity contribution in [1.29, 1.82) is 0 Å². The van der Waals surface area contributed by atoms with E-state index in [-0.39, 0.29) is 21.6 Å². The molecule has 1 heterocycles. The summed E-state index contributed by atoms with van der Waals surface area (Å²) in [6.45, 7) is 0.805. The molecule has 0 aliphatic carbocycles. The first-order valence-corrected chi connectivity index (χ1v) is 7.76. The average Bonchev–Trinajstić information content (AvgIpc) is 2.83. The molecule has 12 heteroatoms. The highest BCUT2D eigenvalue weighted by Gasteiger charge is 2.38. The van der Waals surface area contributed by atoms with Crippen molar-refractivity contribution in [2.24, 2.45) is 0 Å². The molecule has 1 N–H and O–H groups in total. The number of hydrogen-bond acceptors (Lipinski definition) is 5. The number of benzene rings is 1. The van der Waals surface area contributed by atoms with E-state index in [9.17, 15) is 28.1 Å². The summed E-state index contributed by atoms with van der Waals surface area (Å²) in [5.41, 5.74) is -1.58. The third-order valence-corrected chi connectivity index (χ3v) is 4.32. The fourth-order valence-corrected chi connectivity index (χ4v) is 2.59. The summed E-state index contributed by atoms with van der Waals surface area (Å²) in [6.07, 6.45) is -4.68. The predicted octanol–water partition coefficient (Wildman–Crippen LogP) is 3.53. The minimum Gasteiger partial charge on any atom is -0.496 e. The normalized spacial score (nSPS) is 11.3. The summed E-state index contributed by atoms with van der Waals surface area (Å²) in [7, 11) is 1.33. The van der Waals surface area contributed by atoms with Crippen LogP contribution in [-0.4, -0.2) is 27.7 Å². The summed E-state index contributed by atoms with van der Waals surface area (Å²) in [5.74, 6) is -0.554. The van der Waals surface area contributed by atoms with Crippen LogP contribution < -0.4 is 10.1 Å². The molecule has 1 amide bonds. The van der Waals surface area contributed by atoms with Crippen LogP contribution in [0, 0.1) is 17.0 Å². The van der Waals surface area contributed by atoms with E-state index in [1.54, 1.807) is 0 Å². The number of halogens is 4. The van der Waals surface area contributed by atoms with E-state index in [1.165, 1.54) is 26.2 Å². The number of nitro benzene ring substituents is 1. The monoisotopic (exact) mass is 436 g/mol. The minimum atomic E-state index is -4.68. The van der Waals surface area contributed by atoms with Crippen molar-refractivity contribution < 1.29 is 27.6 Å². The van der Waals surface area contributed by atoms with Gasteiger partial charge in [0.15, 0.2) is 5.69 Å². The summed E-state index contributed by atoms with van der Waals surface area (Å²) in [6, 6.07) is 3.79. The van der Waals surface area contributed by atoms with E-state index >= 15 is 0 Å². The van der Waals surface area contributed by atoms with E-state index in [0.29, 0.717) is 0 Å². The molecule has 0 fully saturated rings. The molecule has 0 atom stereocenters. The molecule has 0 radical (unpaired) electrons. The molecule has 2 rings (SSSR count). The second kappa shape index (κ2) is 7.32. The van der Waals surface area contributed by atoms with Gasteiger partial charge in [-0.25, -0.2) is 0 Å². The van der Waals surface area contributed by atoms with Gasteiger partial charge in [0, 0.05) is 0 Å². The van der Waals surface area contributed by atoms with Crippen LogP contribution in [0.1, 0.15) is 11.4 Å². The molecule has 1 aromatic carbocycles. The zero-order chi connectivity index (χ0) is 19.6. The largest absolute Gasteiger partial charge is 0.496 e. The summed E-state index contributed by atoms with van der Waals surface area (Å²) in [4.78, 5) is 22.5. The van der Waals surface area contributed by atoms with Gasteiger partial charge in [0.1, 0.15) is 18.0 Å². The Morgan fingerprint density at radius 1 is 1.46 bits per heavy atom. The SMILES string of the molecule is COc1ccc(NC(=O)Cn2nc(C(F)(F)F)c(Br)c2C)c([N+](=O)[O-])c1. The number of rotatable bonds is 5. The Bertz CT molecular complexity index is 867. The fraction of sp³-hybridized carbons (Fsp3) is 0.286. The highest BCUT2D eigenvalue weighted by Crippen LogP contribution is 2.35. The van der Waals surface area contributed by atoms with Crippen molar-refractivity contribution in [1.82, 2.24) is 9.78 Å². The molecule has 0 saturated carbocycles. The maximum absolute atomic E-state index is 12.8. The minimum absolute atomic E-state index is 0.0942. The second-order valence-electron chi connectivity index (χ2n) is 5.09. The van der Waals surface area contributed by atoms with Crippen molar-refractivity contribution >= 4 is 33.2 Å². The number of methoxy groups -OCH3 is 1. The predicted molar refractivity (Wildman–Crippen MR) is 87.9 cm³/mol. The number of amides is 1. The third kappa shape index (κ3) is 4.12. The number of nitrogens with zero attached hydrogens (tertiary/aromatic N) is 3. The standard InChI is InChI=1S/C14H12BrF3N4O4/c1-7-12(15)13(14(16,17)18)20-21(7)6-11(23)19-9-4-3-8(26-2)5-10(9)22(24)25/h3-5H,6H2,1-2H3,(H,19,23). The van der Waals surface area contributed by atoms with Crippen LogP contribution in [0.15, 0.2) is 22.7 Å². The van der Waals surface area contributed by atoms with Crippen molar-refractivity contribution in [3.05, 3.63) is 44.2 Å². The highest BCUT2D eigenvalue weighted by molar-refractivity contribution is 9.10. The van der Waals surface area contributed by atoms with Gasteiger partial charge < -0.3 is 10.1 Å². The first-order chi connectivity index (χ1) is 12.0. The van der Waals surface area contributed by atoms with Gasteiger partial charge in [0.25, 0.3) is 5.69 Å². The Kier molecular flexibility index (Phi) is 5.54. The maximum Gasteiger partial charge on any atom is 0.436 e. The molecule has 8 nitrogen and oxygen atoms in total. The number of ether oxygens (including phenoxy) is 1. The number of alkyl halides is 3. The highest BCUT2D eigenvalue weighted by atomic mass is 79.9. The van der Waals surface area contributed by atoms with Crippen molar-refractivity contribution in [2.75, 3.05) is 12.4 Å². The Hall–Kier alpha value is -2.63. The van der Waals surface area contributed by atoms with E-state index < -0.39 is 34.9 Å². The lowest BCUT2D eigenvalue weighted by molar-refractivity contribution is -0.384. The van der Waals surface area contributed by atoms with Crippen LogP contribution in [0.25, 0.3) is 0 Å². The molecule has 140 valence electrons. The van der Waals surface area contributed by atoms with Crippen molar-refractivity contribution in [3.63, 3.8) is 0 Å². The van der Waals surface area contributed by atoms with E-state index in [1.807, 2.05) is 0 Å². The quantitative estimate of drug-likeness (QED) is 0.570. The van der Waals surface area contributed by atoms with Gasteiger partial charge >= 0.3 is 6.18 Å². The van der Waals surface area contributed by atoms with Gasteiger partial charge in [-0.1, -0.05) is 0 Å². The lowest BCUT2D eigenvalue weighted by Crippen LogP contribution is -2.21. The van der Waals surface area contributed by atoms with Crippen LogP contribution in [0.5, 0.6) is 5.75 Å². The average molecular weight is 437 g/mol. The second-order valence-corrected chi connectivity index (χ2v) is 5.88. The molecule has 1 aromatic heterocycles. The first kappa shape index (κ1) is 19.7. The maximum atomic E-state index is 12.8. The number of aromatic nitrogens is 2. The molecular formula is C14H12BrF3N4O4. The van der Waals surface area contributed by atoms with Gasteiger partial charge in [-0.2, -0.15) is 18.3 Å². The van der Waals surface area contributed by atoms with E-state index in [2.05, 4.69) is 26.3 Å². The van der Waals surface area contributed by atoms with Crippen molar-refractivity contribution in [3.8, 4) is 5.75 Å². The van der Waals surface area contributed by atoms with E-state index in [4.69, 9.17) is 4.74 Å². The number of carbonyl (C=O) groups excluding carboxylic acids is 1. The van der Waals surface area contributed by atoms with Crippen LogP contribution in [0.4, 0.5) is 24.5 Å². The van der Waals surface area contributed by atoms with Crippen LogP contribution in [-0.2, 0) is 17.5 Å². The molecule has 2 aromatic rings. The zero-order valence-electron chi connectivity index (χ0n) is 13.4. The molecule has 0 bridgehead atoms. The third-order valence-electron chi connectivity index (χ3n) is 3.37. The topological polar surface area (TPSA) is 99.3 Å². The molecule has 0 aliphatic heterocycles. The van der Waals surface area contributed by atoms with Gasteiger partial charge in [-0.15, -0.1) is 0 Å².